The van der Waals surface area contributed by atoms with Gasteiger partial charge in [-0.3, -0.25) is 14.1 Å². The monoisotopic (exact) mass is 1010 g/mol. The highest BCUT2D eigenvalue weighted by Crippen LogP contribution is 2.24. The number of esters is 2. The molecule has 12 nitrogen and oxygen atoms in total. The van der Waals surface area contributed by atoms with Gasteiger partial charge in [-0.05, 0) is 51.4 Å². The molecule has 13 heteroatoms. The van der Waals surface area contributed by atoms with Gasteiger partial charge in [0, 0.05) is 12.8 Å². The van der Waals surface area contributed by atoms with Crippen molar-refractivity contribution in [1.29, 1.82) is 0 Å². The van der Waals surface area contributed by atoms with Crippen LogP contribution in [0.25, 0.3) is 0 Å². The van der Waals surface area contributed by atoms with E-state index in [0.29, 0.717) is 19.3 Å². The van der Waals surface area contributed by atoms with Gasteiger partial charge in [-0.1, -0.05) is 229 Å². The molecule has 6 atom stereocenters. The first-order valence-corrected chi connectivity index (χ1v) is 29.8. The van der Waals surface area contributed by atoms with E-state index in [4.69, 9.17) is 18.9 Å². The third-order valence-corrected chi connectivity index (χ3v) is 13.7. The number of aliphatic hydroxyl groups is 3. The molecular formula is C57H102O12S. The molecule has 0 aromatic rings. The quantitative estimate of drug-likeness (QED) is 0.0196. The normalized spacial score (nSPS) is 19.3. The Morgan fingerprint density at radius 1 is 0.486 bits per heavy atom. The number of aliphatic hydroxyl groups excluding tert-OH is 3. The maximum Gasteiger partial charge on any atom is 0.306 e. The van der Waals surface area contributed by atoms with Crippen molar-refractivity contribution in [3.63, 3.8) is 0 Å². The second-order valence-electron chi connectivity index (χ2n) is 19.6. The van der Waals surface area contributed by atoms with Crippen molar-refractivity contribution in [3.8, 4) is 0 Å². The van der Waals surface area contributed by atoms with Gasteiger partial charge in [0.05, 0.1) is 6.61 Å². The summed E-state index contributed by atoms with van der Waals surface area (Å²) in [4.78, 5) is 25.6. The molecule has 0 aromatic heterocycles. The molecule has 0 amide bonds. The number of hydrogen-bond donors (Lipinski definition) is 4. The predicted octanol–water partition coefficient (Wildman–Crippen LogP) is 13.5. The minimum absolute atomic E-state index is 0.144. The van der Waals surface area contributed by atoms with Crippen LogP contribution in [0, 0.1) is 0 Å². The number of rotatable bonds is 48. The molecule has 4 N–H and O–H groups in total. The standard InChI is InChI=1S/C57H102O12S/c1-3-5-7-9-11-13-15-17-19-21-23-25-27-29-31-33-35-37-39-41-43-45-52(58)66-47-50(48-67-57-56(62)55(61)54(60)51(69-57)49-70(63,64)65)68-53(59)46-44-42-40-38-36-34-32-30-28-26-24-22-20-18-16-14-12-10-8-6-4-2/h19,21,25,27,31,33,37,39,50-51,54-57,60-62H,3-18,20,22-24,26,28-30,32,34-36,38,40-49H2,1-2H3,(H,63,64,65)/b21-19+,27-25+,33-31+,39-37+/t50-,51-,54-,55?,56?,57+/m1/s1. The Bertz CT molecular complexity index is 1460. The maximum atomic E-state index is 12.9. The number of allylic oxidation sites excluding steroid dienone is 8. The average molecular weight is 1010 g/mol. The topological polar surface area (TPSA) is 186 Å². The summed E-state index contributed by atoms with van der Waals surface area (Å²) in [5.74, 6) is -2.04. The molecule has 1 heterocycles. The van der Waals surface area contributed by atoms with Gasteiger partial charge in [-0.2, -0.15) is 8.42 Å². The first kappa shape index (κ1) is 65.6. The van der Waals surface area contributed by atoms with Crippen molar-refractivity contribution in [2.75, 3.05) is 19.0 Å². The fourth-order valence-corrected chi connectivity index (χ4v) is 9.25. The van der Waals surface area contributed by atoms with Crippen molar-refractivity contribution in [2.24, 2.45) is 0 Å². The summed E-state index contributed by atoms with van der Waals surface area (Å²) in [6.07, 6.45) is 48.8. The summed E-state index contributed by atoms with van der Waals surface area (Å²) in [7, 11) is -4.61. The predicted molar refractivity (Wildman–Crippen MR) is 284 cm³/mol. The number of carbonyl (C=O) groups excluding carboxylic acids is 2. The number of carbonyl (C=O) groups is 2. The molecule has 408 valence electrons. The zero-order chi connectivity index (χ0) is 51.2. The number of unbranched alkanes of at least 4 members (excludes halogenated alkanes) is 28. The van der Waals surface area contributed by atoms with Crippen LogP contribution < -0.4 is 0 Å². The molecule has 0 aromatic carbocycles. The highest BCUT2D eigenvalue weighted by atomic mass is 32.2. The van der Waals surface area contributed by atoms with Crippen LogP contribution in [0.15, 0.2) is 48.6 Å². The summed E-state index contributed by atoms with van der Waals surface area (Å²) >= 11 is 0. The van der Waals surface area contributed by atoms with Crippen LogP contribution in [-0.4, -0.2) is 96.0 Å². The molecule has 0 radical (unpaired) electrons. The smallest absolute Gasteiger partial charge is 0.306 e. The Hall–Kier alpha value is -2.39. The van der Waals surface area contributed by atoms with E-state index in [-0.39, 0.29) is 19.4 Å². The minimum atomic E-state index is -4.61. The van der Waals surface area contributed by atoms with Crippen molar-refractivity contribution in [1.82, 2.24) is 0 Å². The molecule has 1 aliphatic heterocycles. The molecule has 2 unspecified atom stereocenters. The Morgan fingerprint density at radius 3 is 1.31 bits per heavy atom. The van der Waals surface area contributed by atoms with Crippen molar-refractivity contribution in [2.45, 2.75) is 282 Å². The third-order valence-electron chi connectivity index (χ3n) is 12.9. The molecule has 1 fully saturated rings. The van der Waals surface area contributed by atoms with Crippen LogP contribution in [0.5, 0.6) is 0 Å². The van der Waals surface area contributed by atoms with Gasteiger partial charge in [0.25, 0.3) is 10.1 Å². The Morgan fingerprint density at radius 2 is 0.871 bits per heavy atom. The fraction of sp³-hybridized carbons (Fsp3) is 0.825. The fourth-order valence-electron chi connectivity index (χ4n) is 8.55. The van der Waals surface area contributed by atoms with Gasteiger partial charge in [-0.15, -0.1) is 0 Å². The van der Waals surface area contributed by atoms with Crippen LogP contribution in [0.1, 0.15) is 245 Å². The molecule has 70 heavy (non-hydrogen) atoms. The van der Waals surface area contributed by atoms with E-state index in [1.807, 2.05) is 6.08 Å². The lowest BCUT2D eigenvalue weighted by Crippen LogP contribution is -2.60. The largest absolute Gasteiger partial charge is 0.462 e. The summed E-state index contributed by atoms with van der Waals surface area (Å²) in [6.45, 7) is 3.76. The molecule has 0 saturated carbocycles. The Kier molecular flexibility index (Phi) is 43.5. The van der Waals surface area contributed by atoms with Crippen LogP contribution in [0.4, 0.5) is 0 Å². The summed E-state index contributed by atoms with van der Waals surface area (Å²) in [6, 6.07) is 0. The lowest BCUT2D eigenvalue weighted by molar-refractivity contribution is -0.297. The maximum absolute atomic E-state index is 12.9. The number of hydrogen-bond acceptors (Lipinski definition) is 11. The molecule has 0 aliphatic carbocycles. The van der Waals surface area contributed by atoms with Crippen molar-refractivity contribution < 1.29 is 56.8 Å². The van der Waals surface area contributed by atoms with Gasteiger partial charge in [0.15, 0.2) is 12.4 Å². The SMILES string of the molecule is CCCCCCCCC/C=C/C/C=C/C/C=C/C/C=C/CCCC(=O)OC[C@H](CO[C@H]1O[C@H](CS(=O)(=O)O)[C@@H](O)C(O)C1O)OC(=O)CCCCCCCCCCCCCCCCCCCCCCC. The zero-order valence-corrected chi connectivity index (χ0v) is 44.9. The lowest BCUT2D eigenvalue weighted by Gasteiger charge is -2.40. The lowest BCUT2D eigenvalue weighted by atomic mass is 10.00. The average Bonchev–Trinajstić information content (AvgIpc) is 3.33. The minimum Gasteiger partial charge on any atom is -0.462 e. The van der Waals surface area contributed by atoms with E-state index in [1.54, 1.807) is 0 Å². The zero-order valence-electron chi connectivity index (χ0n) is 44.1. The van der Waals surface area contributed by atoms with E-state index in [2.05, 4.69) is 56.4 Å². The molecule has 0 spiro atoms. The summed E-state index contributed by atoms with van der Waals surface area (Å²) in [5, 5.41) is 31.0. The molecular weight excluding hydrogens is 909 g/mol. The Labute approximate surface area is 426 Å². The van der Waals surface area contributed by atoms with Crippen LogP contribution in [0.3, 0.4) is 0 Å². The highest BCUT2D eigenvalue weighted by Gasteiger charge is 2.46. The molecule has 1 aliphatic rings. The van der Waals surface area contributed by atoms with Crippen molar-refractivity contribution in [3.05, 3.63) is 48.6 Å². The first-order valence-electron chi connectivity index (χ1n) is 28.2. The van der Waals surface area contributed by atoms with Gasteiger partial charge >= 0.3 is 11.9 Å². The first-order chi connectivity index (χ1) is 34.0. The molecule has 0 bridgehead atoms. The highest BCUT2D eigenvalue weighted by molar-refractivity contribution is 7.85. The summed E-state index contributed by atoms with van der Waals surface area (Å²) in [5.41, 5.74) is 0. The van der Waals surface area contributed by atoms with E-state index in [0.717, 1.165) is 38.5 Å². The van der Waals surface area contributed by atoms with Gasteiger partial charge in [-0.25, -0.2) is 0 Å². The van der Waals surface area contributed by atoms with Crippen LogP contribution >= 0.6 is 0 Å². The van der Waals surface area contributed by atoms with Gasteiger partial charge in [0.2, 0.25) is 0 Å². The van der Waals surface area contributed by atoms with E-state index in [1.165, 1.54) is 161 Å². The second-order valence-corrected chi connectivity index (χ2v) is 21.1. The van der Waals surface area contributed by atoms with E-state index >= 15 is 0 Å². The third kappa shape index (κ3) is 40.1. The van der Waals surface area contributed by atoms with Crippen LogP contribution in [-0.2, 0) is 38.7 Å². The van der Waals surface area contributed by atoms with E-state index in [9.17, 15) is 37.9 Å². The van der Waals surface area contributed by atoms with Crippen molar-refractivity contribution >= 4 is 22.1 Å². The van der Waals surface area contributed by atoms with Gasteiger partial charge in [0.1, 0.15) is 36.8 Å². The molecule has 1 saturated heterocycles. The van der Waals surface area contributed by atoms with Crippen LogP contribution in [0.2, 0.25) is 0 Å². The second kappa shape index (κ2) is 46.4. The summed E-state index contributed by atoms with van der Waals surface area (Å²) < 4.78 is 54.3. The Balaban J connectivity index is 2.37. The van der Waals surface area contributed by atoms with Gasteiger partial charge < -0.3 is 34.3 Å². The number of ether oxygens (including phenoxy) is 4. The van der Waals surface area contributed by atoms with E-state index < -0.39 is 71.2 Å². The molecule has 1 rings (SSSR count).